The molecule has 5 N–H and O–H groups in total. The van der Waals surface area contributed by atoms with E-state index in [1.54, 1.807) is 7.11 Å². The Hall–Kier alpha value is -0.950. The van der Waals surface area contributed by atoms with Gasteiger partial charge in [0.2, 0.25) is 5.91 Å². The van der Waals surface area contributed by atoms with Gasteiger partial charge in [0.05, 0.1) is 31.3 Å². The monoisotopic (exact) mass is 624 g/mol. The van der Waals surface area contributed by atoms with Crippen molar-refractivity contribution in [3.8, 4) is 11.8 Å². The summed E-state index contributed by atoms with van der Waals surface area (Å²) in [5.41, 5.74) is 0.182. The van der Waals surface area contributed by atoms with Crippen molar-refractivity contribution in [2.75, 3.05) is 46.6 Å². The molecule has 2 saturated heterocycles. The minimum absolute atomic E-state index is 0.000182. The molecule has 0 aromatic rings. The van der Waals surface area contributed by atoms with Crippen molar-refractivity contribution >= 4 is 24.7 Å². The normalized spacial score (nSPS) is 36.7. The van der Waals surface area contributed by atoms with Crippen LogP contribution in [0.15, 0.2) is 12.7 Å². The molecule has 0 aromatic heterocycles. The Kier molecular flexibility index (Phi) is 13.2. The van der Waals surface area contributed by atoms with Crippen LogP contribution in [0.1, 0.15) is 64.2 Å². The molecule has 4 aliphatic rings. The molecule has 2 saturated carbocycles. The largest absolute Gasteiger partial charge is 0.380 e. The lowest BCUT2D eigenvalue weighted by molar-refractivity contribution is -0.118. The van der Waals surface area contributed by atoms with Crippen LogP contribution >= 0.6 is 18.7 Å². The minimum Gasteiger partial charge on any atom is -0.380 e. The summed E-state index contributed by atoms with van der Waals surface area (Å²) in [5, 5.41) is 17.6. The van der Waals surface area contributed by atoms with Crippen LogP contribution in [-0.2, 0) is 14.1 Å². The maximum atomic E-state index is 13.0. The molecule has 2 heterocycles. The van der Waals surface area contributed by atoms with E-state index in [0.29, 0.717) is 13.0 Å². The predicted octanol–water partition coefficient (Wildman–Crippen LogP) is 2.85. The summed E-state index contributed by atoms with van der Waals surface area (Å²) in [6.07, 6.45) is 11.7. The molecule has 0 bridgehead atoms. The van der Waals surface area contributed by atoms with Gasteiger partial charge in [-0.1, -0.05) is 44.1 Å². The highest BCUT2D eigenvalue weighted by atomic mass is 35.5. The first-order valence-corrected chi connectivity index (χ1v) is 19.2. The van der Waals surface area contributed by atoms with E-state index in [9.17, 15) is 9.36 Å². The van der Waals surface area contributed by atoms with Gasteiger partial charge in [-0.2, -0.15) is 0 Å². The zero-order chi connectivity index (χ0) is 30.1. The summed E-state index contributed by atoms with van der Waals surface area (Å²) in [6.45, 7) is 11.1. The molecule has 9 unspecified atom stereocenters. The lowest BCUT2D eigenvalue weighted by Gasteiger charge is -2.45. The fourth-order valence-corrected chi connectivity index (χ4v) is 9.33. The Morgan fingerprint density at radius 2 is 1.81 bits per heavy atom. The third-order valence-electron chi connectivity index (χ3n) is 9.56. The number of nitrogens with one attached hydrogen (secondary N) is 5. The van der Waals surface area contributed by atoms with Crippen LogP contribution in [0.2, 0.25) is 0 Å². The van der Waals surface area contributed by atoms with Crippen LogP contribution < -0.4 is 26.6 Å². The Morgan fingerprint density at radius 1 is 1.07 bits per heavy atom. The van der Waals surface area contributed by atoms with Gasteiger partial charge in [0, 0.05) is 43.4 Å². The van der Waals surface area contributed by atoms with E-state index in [4.69, 9.17) is 16.3 Å². The molecular weight excluding hydrogens is 571 g/mol. The molecule has 0 radical (unpaired) electrons. The maximum Gasteiger partial charge on any atom is 0.243 e. The first-order valence-electron chi connectivity index (χ1n) is 16.0. The SMILES string of the molecule is C=CC(=O)NC1CC(NC2NCC(Cl)C(NC3CCCCC3P(C)(C)=O)N2)C(OC)CC1C#CCN1CCCCCC1. The number of hydrogen-bond donors (Lipinski definition) is 5. The predicted molar refractivity (Wildman–Crippen MR) is 172 cm³/mol. The molecule has 9 atom stereocenters. The van der Waals surface area contributed by atoms with Crippen molar-refractivity contribution in [3.63, 3.8) is 0 Å². The number of rotatable bonds is 9. The maximum absolute atomic E-state index is 13.0. The lowest BCUT2D eigenvalue weighted by atomic mass is 9.79. The number of halogens is 1. The molecular formula is C31H54ClN6O3P. The van der Waals surface area contributed by atoms with Gasteiger partial charge in [-0.25, -0.2) is 0 Å². The van der Waals surface area contributed by atoms with Crippen molar-refractivity contribution < 1.29 is 14.1 Å². The van der Waals surface area contributed by atoms with E-state index in [2.05, 4.69) is 49.9 Å². The summed E-state index contributed by atoms with van der Waals surface area (Å²) < 4.78 is 19.0. The van der Waals surface area contributed by atoms with E-state index in [1.165, 1.54) is 31.8 Å². The zero-order valence-corrected chi connectivity index (χ0v) is 27.5. The number of methoxy groups -OCH3 is 1. The number of carbonyl (C=O) groups excluding carboxylic acids is 1. The van der Waals surface area contributed by atoms with Crippen molar-refractivity contribution in [1.82, 2.24) is 31.5 Å². The lowest BCUT2D eigenvalue weighted by Crippen LogP contribution is -2.72. The number of alkyl halides is 1. The van der Waals surface area contributed by atoms with E-state index in [0.717, 1.165) is 51.7 Å². The summed E-state index contributed by atoms with van der Waals surface area (Å²) >= 11 is 6.77. The highest BCUT2D eigenvalue weighted by molar-refractivity contribution is 7.63. The highest BCUT2D eigenvalue weighted by Gasteiger charge is 2.41. The minimum atomic E-state index is -2.22. The molecule has 11 heteroatoms. The van der Waals surface area contributed by atoms with E-state index in [-0.39, 0.29) is 59.5 Å². The van der Waals surface area contributed by atoms with Gasteiger partial charge in [-0.3, -0.25) is 31.0 Å². The smallest absolute Gasteiger partial charge is 0.243 e. The Labute approximate surface area is 258 Å². The third-order valence-corrected chi connectivity index (χ3v) is 12.2. The number of hydrogen-bond acceptors (Lipinski definition) is 8. The molecule has 0 aromatic carbocycles. The van der Waals surface area contributed by atoms with Crippen LogP contribution in [0.5, 0.6) is 0 Å². The quantitative estimate of drug-likeness (QED) is 0.115. The van der Waals surface area contributed by atoms with Crippen LogP contribution in [0.4, 0.5) is 0 Å². The van der Waals surface area contributed by atoms with Gasteiger partial charge in [0.1, 0.15) is 6.29 Å². The summed E-state index contributed by atoms with van der Waals surface area (Å²) in [4.78, 5) is 14.8. The van der Waals surface area contributed by atoms with Gasteiger partial charge < -0.3 is 14.6 Å². The van der Waals surface area contributed by atoms with Crippen molar-refractivity contribution in [2.24, 2.45) is 5.92 Å². The number of carbonyl (C=O) groups is 1. The standard InChI is InChI=1S/C31H54ClN6O3P/c1-5-29(39)34-25-20-26(27(41-2)19-22(25)13-12-18-38-16-10-6-7-11-17-38)36-31-33-21-23(32)30(37-31)35-24-14-8-9-15-28(24)42(3,4)40/h5,22-28,30-31,33,35-37H,1,6-11,14-21H2,2-4H3,(H,34,39). The molecule has 2 aliphatic carbocycles. The second-order valence-corrected chi connectivity index (χ2v) is 17.1. The van der Waals surface area contributed by atoms with Crippen LogP contribution in [0.25, 0.3) is 0 Å². The molecule has 4 fully saturated rings. The molecule has 2 aliphatic heterocycles. The van der Waals surface area contributed by atoms with Crippen LogP contribution in [-0.4, -0.2) is 105 Å². The summed E-state index contributed by atoms with van der Waals surface area (Å²) in [7, 11) is -0.472. The second-order valence-electron chi connectivity index (χ2n) is 13.0. The van der Waals surface area contributed by atoms with Crippen LogP contribution in [0, 0.1) is 17.8 Å². The van der Waals surface area contributed by atoms with Gasteiger partial charge in [-0.15, -0.1) is 11.6 Å². The van der Waals surface area contributed by atoms with Crippen LogP contribution in [0.3, 0.4) is 0 Å². The average molecular weight is 625 g/mol. The zero-order valence-electron chi connectivity index (χ0n) is 25.9. The highest BCUT2D eigenvalue weighted by Crippen LogP contribution is 2.49. The molecule has 0 spiro atoms. The van der Waals surface area contributed by atoms with Crippen molar-refractivity contribution in [3.05, 3.63) is 12.7 Å². The number of nitrogens with zero attached hydrogens (tertiary/aromatic N) is 1. The van der Waals surface area contributed by atoms with Gasteiger partial charge >= 0.3 is 0 Å². The Balaban J connectivity index is 1.39. The van der Waals surface area contributed by atoms with Crippen molar-refractivity contribution in [1.29, 1.82) is 0 Å². The number of amides is 1. The average Bonchev–Trinajstić information content (AvgIpc) is 3.24. The fraction of sp³-hybridized carbons (Fsp3) is 0.839. The first-order chi connectivity index (χ1) is 20.2. The van der Waals surface area contributed by atoms with Gasteiger partial charge in [0.25, 0.3) is 0 Å². The summed E-state index contributed by atoms with van der Waals surface area (Å²) in [5.74, 6) is 6.76. The van der Waals surface area contributed by atoms with E-state index < -0.39 is 7.14 Å². The number of ether oxygens (including phenoxy) is 1. The molecule has 1 amide bonds. The van der Waals surface area contributed by atoms with Gasteiger partial charge in [-0.05, 0) is 71.0 Å². The van der Waals surface area contributed by atoms with E-state index >= 15 is 0 Å². The molecule has 42 heavy (non-hydrogen) atoms. The fourth-order valence-electron chi connectivity index (χ4n) is 7.19. The topological polar surface area (TPSA) is 107 Å². The Morgan fingerprint density at radius 3 is 2.50 bits per heavy atom. The summed E-state index contributed by atoms with van der Waals surface area (Å²) in [6, 6.07) is 0.0615. The first kappa shape index (κ1) is 33.9. The molecule has 238 valence electrons. The number of likely N-dealkylation sites (tertiary alicyclic amines) is 1. The second kappa shape index (κ2) is 16.4. The molecule has 4 rings (SSSR count). The third kappa shape index (κ3) is 9.78. The molecule has 9 nitrogen and oxygen atoms in total. The van der Waals surface area contributed by atoms with E-state index in [1.807, 2.05) is 13.3 Å². The van der Waals surface area contributed by atoms with Gasteiger partial charge in [0.15, 0.2) is 0 Å². The Bertz CT molecular complexity index is 993. The van der Waals surface area contributed by atoms with Crippen molar-refractivity contribution in [2.45, 2.75) is 112 Å².